The molecule has 0 aromatic carbocycles. The number of nitrogens with one attached hydrogen (secondary N) is 1. The Morgan fingerprint density at radius 2 is 2.33 bits per heavy atom. The van der Waals surface area contributed by atoms with Crippen molar-refractivity contribution >= 4 is 5.91 Å². The molecular formula is C10H15NO. The minimum absolute atomic E-state index is 0.0212. The number of amides is 1. The van der Waals surface area contributed by atoms with Crippen molar-refractivity contribution in [1.82, 2.24) is 5.32 Å². The second-order valence-corrected chi connectivity index (χ2v) is 2.51. The molecule has 2 nitrogen and oxygen atoms in total. The SMILES string of the molecule is C#CCCNC(=O)C(C)=CCC. The lowest BCUT2D eigenvalue weighted by molar-refractivity contribution is -0.117. The first-order chi connectivity index (χ1) is 5.72. The molecule has 0 aliphatic carbocycles. The summed E-state index contributed by atoms with van der Waals surface area (Å²) in [4.78, 5) is 11.2. The van der Waals surface area contributed by atoms with E-state index in [0.717, 1.165) is 12.0 Å². The van der Waals surface area contributed by atoms with E-state index in [2.05, 4.69) is 11.2 Å². The van der Waals surface area contributed by atoms with E-state index < -0.39 is 0 Å². The highest BCUT2D eigenvalue weighted by Gasteiger charge is 2.00. The van der Waals surface area contributed by atoms with Gasteiger partial charge < -0.3 is 5.32 Å². The number of rotatable bonds is 4. The zero-order valence-electron chi connectivity index (χ0n) is 7.68. The lowest BCUT2D eigenvalue weighted by atomic mass is 10.2. The van der Waals surface area contributed by atoms with Crippen molar-refractivity contribution in [2.45, 2.75) is 26.7 Å². The molecule has 12 heavy (non-hydrogen) atoms. The highest BCUT2D eigenvalue weighted by atomic mass is 16.1. The monoisotopic (exact) mass is 165 g/mol. The Labute approximate surface area is 74.0 Å². The molecule has 0 aromatic rings. The molecule has 1 amide bonds. The molecule has 0 rings (SSSR count). The van der Waals surface area contributed by atoms with Crippen LogP contribution in [0.3, 0.4) is 0 Å². The standard InChI is InChI=1S/C10H15NO/c1-4-6-8-11-10(12)9(3)7-5-2/h1,7H,5-6,8H2,2-3H3,(H,11,12). The van der Waals surface area contributed by atoms with Crippen LogP contribution in [0.25, 0.3) is 0 Å². The molecule has 0 aliphatic heterocycles. The Morgan fingerprint density at radius 1 is 1.67 bits per heavy atom. The van der Waals surface area contributed by atoms with Gasteiger partial charge in [-0.05, 0) is 13.3 Å². The fourth-order valence-electron chi connectivity index (χ4n) is 0.787. The molecule has 0 aliphatic rings. The lowest BCUT2D eigenvalue weighted by Crippen LogP contribution is -2.24. The van der Waals surface area contributed by atoms with Crippen LogP contribution in [0, 0.1) is 12.3 Å². The van der Waals surface area contributed by atoms with Gasteiger partial charge in [0.1, 0.15) is 0 Å². The summed E-state index contributed by atoms with van der Waals surface area (Å²) in [5.74, 6) is 2.44. The van der Waals surface area contributed by atoms with Crippen molar-refractivity contribution in [3.8, 4) is 12.3 Å². The van der Waals surface area contributed by atoms with Gasteiger partial charge in [-0.2, -0.15) is 0 Å². The van der Waals surface area contributed by atoms with Gasteiger partial charge in [0.05, 0.1) is 0 Å². The minimum atomic E-state index is -0.0212. The maximum atomic E-state index is 11.2. The molecule has 2 heteroatoms. The average Bonchev–Trinajstić information content (AvgIpc) is 2.05. The number of hydrogen-bond donors (Lipinski definition) is 1. The summed E-state index contributed by atoms with van der Waals surface area (Å²) < 4.78 is 0. The Kier molecular flexibility index (Phi) is 5.81. The lowest BCUT2D eigenvalue weighted by Gasteiger charge is -2.01. The minimum Gasteiger partial charge on any atom is -0.351 e. The third-order valence-electron chi connectivity index (χ3n) is 1.42. The molecule has 0 bridgehead atoms. The van der Waals surface area contributed by atoms with Crippen molar-refractivity contribution < 1.29 is 4.79 Å². The van der Waals surface area contributed by atoms with E-state index in [0.29, 0.717) is 13.0 Å². The highest BCUT2D eigenvalue weighted by Crippen LogP contribution is 1.94. The van der Waals surface area contributed by atoms with E-state index in [4.69, 9.17) is 6.42 Å². The Bertz CT molecular complexity index is 210. The van der Waals surface area contributed by atoms with Crippen LogP contribution < -0.4 is 5.32 Å². The molecule has 0 radical (unpaired) electrons. The summed E-state index contributed by atoms with van der Waals surface area (Å²) in [6, 6.07) is 0. The van der Waals surface area contributed by atoms with E-state index in [1.54, 1.807) is 6.92 Å². The van der Waals surface area contributed by atoms with Crippen LogP contribution in [-0.4, -0.2) is 12.5 Å². The topological polar surface area (TPSA) is 29.1 Å². The zero-order valence-corrected chi connectivity index (χ0v) is 7.68. The number of hydrogen-bond acceptors (Lipinski definition) is 1. The number of terminal acetylenes is 1. The molecule has 0 fully saturated rings. The van der Waals surface area contributed by atoms with Crippen LogP contribution >= 0.6 is 0 Å². The van der Waals surface area contributed by atoms with E-state index in [-0.39, 0.29) is 5.91 Å². The van der Waals surface area contributed by atoms with Gasteiger partial charge in [-0.1, -0.05) is 13.0 Å². The predicted octanol–water partition coefficient (Wildman–Crippen LogP) is 1.48. The Morgan fingerprint density at radius 3 is 2.83 bits per heavy atom. The summed E-state index contributed by atoms with van der Waals surface area (Å²) in [7, 11) is 0. The zero-order chi connectivity index (χ0) is 9.40. The van der Waals surface area contributed by atoms with Crippen LogP contribution in [0.2, 0.25) is 0 Å². The normalized spacial score (nSPS) is 10.6. The van der Waals surface area contributed by atoms with Gasteiger partial charge in [0.2, 0.25) is 5.91 Å². The molecule has 0 heterocycles. The van der Waals surface area contributed by atoms with Gasteiger partial charge >= 0.3 is 0 Å². The molecule has 0 saturated heterocycles. The van der Waals surface area contributed by atoms with E-state index >= 15 is 0 Å². The Balaban J connectivity index is 3.74. The number of carbonyl (C=O) groups excluding carboxylic acids is 1. The maximum absolute atomic E-state index is 11.2. The van der Waals surface area contributed by atoms with Crippen molar-refractivity contribution in [1.29, 1.82) is 0 Å². The molecule has 0 spiro atoms. The molecule has 1 N–H and O–H groups in total. The quantitative estimate of drug-likeness (QED) is 0.381. The molecular weight excluding hydrogens is 150 g/mol. The fraction of sp³-hybridized carbons (Fsp3) is 0.500. The number of carbonyl (C=O) groups is 1. The first kappa shape index (κ1) is 10.8. The predicted molar refractivity (Wildman–Crippen MR) is 50.5 cm³/mol. The summed E-state index contributed by atoms with van der Waals surface area (Å²) in [5, 5.41) is 2.72. The Hall–Kier alpha value is -1.23. The molecule has 66 valence electrons. The summed E-state index contributed by atoms with van der Waals surface area (Å²) in [6.45, 7) is 4.36. The van der Waals surface area contributed by atoms with Gasteiger partial charge in [-0.25, -0.2) is 0 Å². The van der Waals surface area contributed by atoms with Crippen LogP contribution in [0.15, 0.2) is 11.6 Å². The van der Waals surface area contributed by atoms with Gasteiger partial charge in [0.25, 0.3) is 0 Å². The van der Waals surface area contributed by atoms with Crippen molar-refractivity contribution in [3.05, 3.63) is 11.6 Å². The second kappa shape index (κ2) is 6.48. The number of allylic oxidation sites excluding steroid dienone is 1. The van der Waals surface area contributed by atoms with Gasteiger partial charge in [-0.3, -0.25) is 4.79 Å². The van der Waals surface area contributed by atoms with Crippen LogP contribution in [0.5, 0.6) is 0 Å². The third-order valence-corrected chi connectivity index (χ3v) is 1.42. The molecule has 0 atom stereocenters. The molecule has 0 saturated carbocycles. The third kappa shape index (κ3) is 4.56. The van der Waals surface area contributed by atoms with Gasteiger partial charge in [0.15, 0.2) is 0 Å². The van der Waals surface area contributed by atoms with Gasteiger partial charge in [0, 0.05) is 18.5 Å². The summed E-state index contributed by atoms with van der Waals surface area (Å²) >= 11 is 0. The summed E-state index contributed by atoms with van der Waals surface area (Å²) in [5.41, 5.74) is 0.759. The van der Waals surface area contributed by atoms with Crippen LogP contribution in [-0.2, 0) is 4.79 Å². The van der Waals surface area contributed by atoms with E-state index in [9.17, 15) is 4.79 Å². The van der Waals surface area contributed by atoms with E-state index in [1.165, 1.54) is 0 Å². The van der Waals surface area contributed by atoms with Crippen molar-refractivity contribution in [3.63, 3.8) is 0 Å². The van der Waals surface area contributed by atoms with Gasteiger partial charge in [-0.15, -0.1) is 12.3 Å². The van der Waals surface area contributed by atoms with E-state index in [1.807, 2.05) is 13.0 Å². The average molecular weight is 165 g/mol. The second-order valence-electron chi connectivity index (χ2n) is 2.51. The summed E-state index contributed by atoms with van der Waals surface area (Å²) in [6.07, 6.45) is 8.40. The highest BCUT2D eigenvalue weighted by molar-refractivity contribution is 5.92. The van der Waals surface area contributed by atoms with Crippen LogP contribution in [0.4, 0.5) is 0 Å². The van der Waals surface area contributed by atoms with Crippen molar-refractivity contribution in [2.75, 3.05) is 6.54 Å². The smallest absolute Gasteiger partial charge is 0.246 e. The largest absolute Gasteiger partial charge is 0.351 e. The first-order valence-corrected chi connectivity index (χ1v) is 4.10. The fourth-order valence-corrected chi connectivity index (χ4v) is 0.787. The molecule has 0 unspecified atom stereocenters. The molecule has 0 aromatic heterocycles. The van der Waals surface area contributed by atoms with Crippen LogP contribution in [0.1, 0.15) is 26.7 Å². The first-order valence-electron chi connectivity index (χ1n) is 4.10. The maximum Gasteiger partial charge on any atom is 0.246 e. The van der Waals surface area contributed by atoms with Crippen molar-refractivity contribution in [2.24, 2.45) is 0 Å².